The molecule has 26 heavy (non-hydrogen) atoms. The Balaban J connectivity index is 0.00000243. The number of likely N-dealkylation sites (tertiary alicyclic amines) is 1. The molecule has 1 aromatic heterocycles. The summed E-state index contributed by atoms with van der Waals surface area (Å²) in [4.78, 5) is 10.9. The maximum Gasteiger partial charge on any atom is 0.246 e. The monoisotopic (exact) mass is 470 g/mol. The second-order valence-corrected chi connectivity index (χ2v) is 6.31. The number of nitrogens with zero attached hydrogens (tertiary/aromatic N) is 4. The van der Waals surface area contributed by atoms with Crippen LogP contribution in [0.4, 0.5) is 0 Å². The van der Waals surface area contributed by atoms with E-state index in [1.165, 1.54) is 37.1 Å². The maximum absolute atomic E-state index is 5.08. The fourth-order valence-electron chi connectivity index (χ4n) is 2.94. The number of halogens is 1. The lowest BCUT2D eigenvalue weighted by Crippen LogP contribution is -2.36. The molecule has 7 nitrogen and oxygen atoms in total. The summed E-state index contributed by atoms with van der Waals surface area (Å²) in [6, 6.07) is 8.78. The highest BCUT2D eigenvalue weighted by Crippen LogP contribution is 2.13. The van der Waals surface area contributed by atoms with Crippen LogP contribution in [0.3, 0.4) is 0 Å². The topological polar surface area (TPSA) is 78.6 Å². The molecule has 2 aromatic rings. The molecule has 0 spiro atoms. The van der Waals surface area contributed by atoms with Crippen molar-refractivity contribution in [2.24, 2.45) is 4.99 Å². The quantitative estimate of drug-likeness (QED) is 0.384. The molecule has 1 aliphatic heterocycles. The Labute approximate surface area is 171 Å². The minimum absolute atomic E-state index is 0. The number of benzene rings is 1. The van der Waals surface area contributed by atoms with Crippen LogP contribution in [0.1, 0.15) is 35.7 Å². The molecule has 0 bridgehead atoms. The summed E-state index contributed by atoms with van der Waals surface area (Å²) in [5.74, 6) is 1.89. The molecular weight excluding hydrogens is 443 g/mol. The molecule has 1 aromatic carbocycles. The van der Waals surface area contributed by atoms with E-state index < -0.39 is 0 Å². The van der Waals surface area contributed by atoms with Crippen molar-refractivity contribution < 1.29 is 4.52 Å². The van der Waals surface area contributed by atoms with E-state index >= 15 is 0 Å². The van der Waals surface area contributed by atoms with E-state index in [1.807, 2.05) is 0 Å². The van der Waals surface area contributed by atoms with Crippen LogP contribution < -0.4 is 10.6 Å². The molecule has 8 heteroatoms. The van der Waals surface area contributed by atoms with Gasteiger partial charge in [0.25, 0.3) is 0 Å². The van der Waals surface area contributed by atoms with Gasteiger partial charge in [0, 0.05) is 20.1 Å². The van der Waals surface area contributed by atoms with Crippen molar-refractivity contribution in [3.63, 3.8) is 0 Å². The number of aliphatic imine (C=N–C) groups is 1. The Morgan fingerprint density at radius 1 is 1.12 bits per heavy atom. The number of hydrogen-bond donors (Lipinski definition) is 2. The fourth-order valence-corrected chi connectivity index (χ4v) is 2.94. The molecule has 1 saturated heterocycles. The van der Waals surface area contributed by atoms with E-state index in [0.29, 0.717) is 30.8 Å². The molecule has 2 heterocycles. The largest absolute Gasteiger partial charge is 0.352 e. The van der Waals surface area contributed by atoms with Crippen LogP contribution in [0.5, 0.6) is 0 Å². The summed E-state index contributed by atoms with van der Waals surface area (Å²) in [5.41, 5.74) is 2.60. The number of rotatable bonds is 6. The Bertz CT molecular complexity index is 694. The standard InChI is InChI=1S/C18H26N6O.HI/c1-14-22-17(25-23-14)12-21-18(19-2)20-11-15-5-7-16(8-6-15)13-24-9-3-4-10-24;/h5-8H,3-4,9-13H2,1-2H3,(H2,19,20,21);1H. The Morgan fingerprint density at radius 3 is 2.38 bits per heavy atom. The first-order chi connectivity index (χ1) is 12.2. The third kappa shape index (κ3) is 6.24. The second-order valence-electron chi connectivity index (χ2n) is 6.31. The van der Waals surface area contributed by atoms with Crippen molar-refractivity contribution in [2.45, 2.75) is 39.4 Å². The van der Waals surface area contributed by atoms with E-state index in [-0.39, 0.29) is 24.0 Å². The van der Waals surface area contributed by atoms with Crippen LogP contribution in [0.15, 0.2) is 33.8 Å². The zero-order chi connectivity index (χ0) is 17.5. The van der Waals surface area contributed by atoms with Gasteiger partial charge in [0.05, 0.1) is 6.54 Å². The lowest BCUT2D eigenvalue weighted by atomic mass is 10.1. The fraction of sp³-hybridized carbons (Fsp3) is 0.500. The summed E-state index contributed by atoms with van der Waals surface area (Å²) in [7, 11) is 1.74. The highest BCUT2D eigenvalue weighted by Gasteiger charge is 2.11. The Morgan fingerprint density at radius 2 is 1.77 bits per heavy atom. The van der Waals surface area contributed by atoms with Crippen LogP contribution in [0.25, 0.3) is 0 Å². The zero-order valence-electron chi connectivity index (χ0n) is 15.4. The zero-order valence-corrected chi connectivity index (χ0v) is 17.7. The van der Waals surface area contributed by atoms with Crippen molar-refractivity contribution in [3.8, 4) is 0 Å². The minimum Gasteiger partial charge on any atom is -0.352 e. The summed E-state index contributed by atoms with van der Waals surface area (Å²) < 4.78 is 5.08. The summed E-state index contributed by atoms with van der Waals surface area (Å²) in [5, 5.41) is 10.2. The van der Waals surface area contributed by atoms with Crippen molar-refractivity contribution in [3.05, 3.63) is 47.1 Å². The van der Waals surface area contributed by atoms with E-state index in [2.05, 4.69) is 54.9 Å². The van der Waals surface area contributed by atoms with Crippen LogP contribution in [0, 0.1) is 6.92 Å². The predicted octanol–water partition coefficient (Wildman–Crippen LogP) is 2.46. The maximum atomic E-state index is 5.08. The van der Waals surface area contributed by atoms with E-state index in [9.17, 15) is 0 Å². The van der Waals surface area contributed by atoms with Crippen LogP contribution in [-0.4, -0.2) is 41.1 Å². The van der Waals surface area contributed by atoms with E-state index in [4.69, 9.17) is 4.52 Å². The third-order valence-corrected chi connectivity index (χ3v) is 4.29. The van der Waals surface area contributed by atoms with Crippen LogP contribution >= 0.6 is 24.0 Å². The van der Waals surface area contributed by atoms with Gasteiger partial charge < -0.3 is 15.2 Å². The molecule has 142 valence electrons. The average Bonchev–Trinajstić information content (AvgIpc) is 3.28. The van der Waals surface area contributed by atoms with Crippen molar-refractivity contribution >= 4 is 29.9 Å². The third-order valence-electron chi connectivity index (χ3n) is 4.29. The van der Waals surface area contributed by atoms with Gasteiger partial charge in [-0.3, -0.25) is 9.89 Å². The smallest absolute Gasteiger partial charge is 0.246 e. The Kier molecular flexibility index (Phi) is 8.30. The highest BCUT2D eigenvalue weighted by atomic mass is 127. The SMILES string of the molecule is CN=C(NCc1ccc(CN2CCCC2)cc1)NCc1nc(C)no1.I. The number of hydrogen-bond acceptors (Lipinski definition) is 5. The summed E-state index contributed by atoms with van der Waals surface area (Å²) >= 11 is 0. The molecule has 0 radical (unpaired) electrons. The van der Waals surface area contributed by atoms with Gasteiger partial charge in [0.2, 0.25) is 5.89 Å². The Hall–Kier alpha value is -1.68. The second kappa shape index (κ2) is 10.5. The number of aromatic nitrogens is 2. The van der Waals surface area contributed by atoms with Gasteiger partial charge in [-0.2, -0.15) is 4.98 Å². The van der Waals surface area contributed by atoms with Gasteiger partial charge in [0.1, 0.15) is 0 Å². The first kappa shape index (κ1) is 20.6. The van der Waals surface area contributed by atoms with Gasteiger partial charge in [-0.05, 0) is 44.0 Å². The van der Waals surface area contributed by atoms with Crippen molar-refractivity contribution in [2.75, 3.05) is 20.1 Å². The van der Waals surface area contributed by atoms with Crippen LogP contribution in [0.2, 0.25) is 0 Å². The molecule has 0 amide bonds. The average molecular weight is 470 g/mol. The van der Waals surface area contributed by atoms with Gasteiger partial charge in [-0.25, -0.2) is 0 Å². The predicted molar refractivity (Wildman–Crippen MR) is 112 cm³/mol. The van der Waals surface area contributed by atoms with Gasteiger partial charge in [0.15, 0.2) is 11.8 Å². The van der Waals surface area contributed by atoms with E-state index in [0.717, 1.165) is 6.54 Å². The molecule has 1 fully saturated rings. The molecule has 0 aliphatic carbocycles. The lowest BCUT2D eigenvalue weighted by Gasteiger charge is -2.15. The molecule has 0 atom stereocenters. The molecule has 3 rings (SSSR count). The number of guanidine groups is 1. The minimum atomic E-state index is 0. The number of nitrogens with one attached hydrogen (secondary N) is 2. The first-order valence-electron chi connectivity index (χ1n) is 8.77. The molecule has 0 saturated carbocycles. The summed E-state index contributed by atoms with van der Waals surface area (Å²) in [6.45, 7) is 6.48. The van der Waals surface area contributed by atoms with Gasteiger partial charge in [-0.15, -0.1) is 24.0 Å². The lowest BCUT2D eigenvalue weighted by molar-refractivity contribution is 0.331. The highest BCUT2D eigenvalue weighted by molar-refractivity contribution is 14.0. The van der Waals surface area contributed by atoms with Crippen molar-refractivity contribution in [1.29, 1.82) is 0 Å². The van der Waals surface area contributed by atoms with Gasteiger partial charge >= 0.3 is 0 Å². The first-order valence-corrected chi connectivity index (χ1v) is 8.77. The van der Waals surface area contributed by atoms with Crippen LogP contribution in [-0.2, 0) is 19.6 Å². The van der Waals surface area contributed by atoms with Gasteiger partial charge in [-0.1, -0.05) is 29.4 Å². The van der Waals surface area contributed by atoms with Crippen molar-refractivity contribution in [1.82, 2.24) is 25.7 Å². The van der Waals surface area contributed by atoms with E-state index in [1.54, 1.807) is 14.0 Å². The molecule has 1 aliphatic rings. The molecule has 2 N–H and O–H groups in total. The summed E-state index contributed by atoms with van der Waals surface area (Å²) in [6.07, 6.45) is 2.66. The molecular formula is C18H27IN6O. The number of aryl methyl sites for hydroxylation is 1. The normalized spacial score (nSPS) is 14.9. The molecule has 0 unspecified atom stereocenters.